The van der Waals surface area contributed by atoms with Crippen molar-refractivity contribution < 1.29 is 19.2 Å². The Morgan fingerprint density at radius 3 is 2.84 bits per heavy atom. The summed E-state index contributed by atoms with van der Waals surface area (Å²) in [6.07, 6.45) is 3.09. The number of nitro benzene ring substituents is 1. The molecule has 0 aromatic heterocycles. The molecule has 0 radical (unpaired) electrons. The topological polar surface area (TPSA) is 94.3 Å². The molecule has 166 valence electrons. The Balaban J connectivity index is 1.80. The van der Waals surface area contributed by atoms with Crippen molar-refractivity contribution in [2.24, 2.45) is 11.0 Å². The van der Waals surface area contributed by atoms with Gasteiger partial charge in [-0.1, -0.05) is 12.1 Å². The molecule has 0 amide bonds. The molecule has 2 aromatic rings. The first-order chi connectivity index (χ1) is 15.4. The average Bonchev–Trinajstić information content (AvgIpc) is 3.19. The summed E-state index contributed by atoms with van der Waals surface area (Å²) in [5, 5.41) is 18.1. The number of carbonyl (C=O) groups excluding carboxylic acids is 1. The third-order valence-corrected chi connectivity index (χ3v) is 5.92. The predicted octanol–water partition coefficient (Wildman–Crippen LogP) is 4.39. The van der Waals surface area contributed by atoms with Crippen LogP contribution in [0.5, 0.6) is 5.75 Å². The molecule has 1 heterocycles. The second-order valence-electron chi connectivity index (χ2n) is 7.83. The van der Waals surface area contributed by atoms with Gasteiger partial charge in [0.15, 0.2) is 0 Å². The van der Waals surface area contributed by atoms with Crippen molar-refractivity contribution in [3.05, 3.63) is 81.0 Å². The number of nitrogens with zero attached hydrogens (tertiary/aromatic N) is 3. The Morgan fingerprint density at radius 1 is 1.31 bits per heavy atom. The fraction of sp³-hybridized carbons (Fsp3) is 0.333. The molecule has 32 heavy (non-hydrogen) atoms. The van der Waals surface area contributed by atoms with Gasteiger partial charge in [-0.15, -0.1) is 0 Å². The van der Waals surface area contributed by atoms with Crippen LogP contribution in [-0.4, -0.2) is 35.3 Å². The van der Waals surface area contributed by atoms with Gasteiger partial charge in [0, 0.05) is 35.4 Å². The number of ether oxygens (including phenoxy) is 2. The third kappa shape index (κ3) is 3.95. The summed E-state index contributed by atoms with van der Waals surface area (Å²) in [5.74, 6) is 0.387. The number of non-ortho nitro benzene ring substituents is 1. The Hall–Kier alpha value is -3.68. The maximum atomic E-state index is 12.1. The molecule has 0 spiro atoms. The van der Waals surface area contributed by atoms with E-state index in [0.717, 1.165) is 41.0 Å². The van der Waals surface area contributed by atoms with Gasteiger partial charge in [-0.25, -0.2) is 4.79 Å². The molecular formula is C24H25N3O5. The third-order valence-electron chi connectivity index (χ3n) is 5.92. The number of hydrogen-bond acceptors (Lipinski definition) is 7. The summed E-state index contributed by atoms with van der Waals surface area (Å²) >= 11 is 0. The molecule has 0 fully saturated rings. The highest BCUT2D eigenvalue weighted by molar-refractivity contribution is 6.06. The highest BCUT2D eigenvalue weighted by Gasteiger charge is 2.42. The maximum absolute atomic E-state index is 12.1. The lowest BCUT2D eigenvalue weighted by molar-refractivity contribution is -0.385. The molecule has 0 unspecified atom stereocenters. The number of carbonyl (C=O) groups is 1. The number of allylic oxidation sites excluding steroid dienone is 1. The second kappa shape index (κ2) is 8.82. The Morgan fingerprint density at radius 2 is 2.12 bits per heavy atom. The van der Waals surface area contributed by atoms with Gasteiger partial charge >= 0.3 is 5.97 Å². The highest BCUT2D eigenvalue weighted by Crippen LogP contribution is 2.45. The van der Waals surface area contributed by atoms with E-state index in [0.29, 0.717) is 5.70 Å². The molecule has 0 bridgehead atoms. The van der Waals surface area contributed by atoms with Crippen molar-refractivity contribution in [1.29, 1.82) is 0 Å². The Kier molecular flexibility index (Phi) is 5.94. The molecule has 2 aliphatic rings. The first kappa shape index (κ1) is 21.5. The normalized spacial score (nSPS) is 19.7. The SMILES string of the molecule is CCOC(=O)/C=C(\C)N1N=C2c3ccc(OC)cc3CC[C@@H]2[C@H]1c1cccc([N+](=O)[O-])c1. The quantitative estimate of drug-likeness (QED) is 0.289. The number of hydrogen-bond donors (Lipinski definition) is 0. The number of hydrazone groups is 1. The standard InChI is InChI=1S/C24H25N3O5/c1-4-32-22(28)12-15(2)26-24(17-6-5-7-18(13-17)27(29)30)21-10-8-16-14-19(31-3)9-11-20(16)23(21)25-26/h5-7,9,11-14,21,24H,4,8,10H2,1-3H3/b15-12+/t21-,24+/m0/s1. The van der Waals surface area contributed by atoms with E-state index in [1.807, 2.05) is 24.3 Å². The molecule has 0 N–H and O–H groups in total. The monoisotopic (exact) mass is 435 g/mol. The van der Waals surface area contributed by atoms with E-state index in [2.05, 4.69) is 0 Å². The fourth-order valence-electron chi connectivity index (χ4n) is 4.50. The van der Waals surface area contributed by atoms with Gasteiger partial charge in [-0.05, 0) is 56.0 Å². The van der Waals surface area contributed by atoms with Gasteiger partial charge in [-0.3, -0.25) is 15.1 Å². The minimum Gasteiger partial charge on any atom is -0.497 e. The van der Waals surface area contributed by atoms with Crippen LogP contribution in [0.4, 0.5) is 5.69 Å². The van der Waals surface area contributed by atoms with Gasteiger partial charge in [0.05, 0.1) is 30.4 Å². The predicted molar refractivity (Wildman–Crippen MR) is 119 cm³/mol. The van der Waals surface area contributed by atoms with Crippen LogP contribution in [0.1, 0.15) is 43.0 Å². The molecule has 0 saturated carbocycles. The average molecular weight is 435 g/mol. The number of fused-ring (bicyclic) bond motifs is 3. The van der Waals surface area contributed by atoms with Crippen LogP contribution in [0, 0.1) is 16.0 Å². The number of nitro groups is 1. The van der Waals surface area contributed by atoms with Crippen LogP contribution >= 0.6 is 0 Å². The van der Waals surface area contributed by atoms with Crippen molar-refractivity contribution >= 4 is 17.4 Å². The summed E-state index contributed by atoms with van der Waals surface area (Å²) in [7, 11) is 1.64. The molecule has 0 saturated heterocycles. The van der Waals surface area contributed by atoms with E-state index in [1.165, 1.54) is 12.1 Å². The molecule has 1 aliphatic carbocycles. The van der Waals surface area contributed by atoms with Crippen molar-refractivity contribution in [2.75, 3.05) is 13.7 Å². The first-order valence-corrected chi connectivity index (χ1v) is 10.6. The molecule has 8 nitrogen and oxygen atoms in total. The van der Waals surface area contributed by atoms with E-state index in [1.54, 1.807) is 38.1 Å². The largest absolute Gasteiger partial charge is 0.497 e. The number of methoxy groups -OCH3 is 1. The van der Waals surface area contributed by atoms with Crippen molar-refractivity contribution in [3.63, 3.8) is 0 Å². The van der Waals surface area contributed by atoms with Gasteiger partial charge in [-0.2, -0.15) is 5.10 Å². The maximum Gasteiger partial charge on any atom is 0.332 e. The zero-order chi connectivity index (χ0) is 22.8. The van der Waals surface area contributed by atoms with Gasteiger partial charge in [0.2, 0.25) is 0 Å². The van der Waals surface area contributed by atoms with Crippen LogP contribution in [0.2, 0.25) is 0 Å². The van der Waals surface area contributed by atoms with E-state index in [9.17, 15) is 14.9 Å². The molecule has 2 aromatic carbocycles. The number of esters is 1. The van der Waals surface area contributed by atoms with Crippen LogP contribution in [0.15, 0.2) is 59.3 Å². The Bertz CT molecular complexity index is 1120. The molecule has 4 rings (SSSR count). The molecule has 8 heteroatoms. The van der Waals surface area contributed by atoms with Crippen LogP contribution in [-0.2, 0) is 16.0 Å². The minimum atomic E-state index is -0.442. The summed E-state index contributed by atoms with van der Waals surface area (Å²) in [6.45, 7) is 3.84. The summed E-state index contributed by atoms with van der Waals surface area (Å²) in [6, 6.07) is 12.3. The highest BCUT2D eigenvalue weighted by atomic mass is 16.6. The van der Waals surface area contributed by atoms with Crippen molar-refractivity contribution in [1.82, 2.24) is 5.01 Å². The number of aryl methyl sites for hydroxylation is 1. The molecule has 2 atom stereocenters. The van der Waals surface area contributed by atoms with Crippen LogP contribution in [0.25, 0.3) is 0 Å². The van der Waals surface area contributed by atoms with E-state index >= 15 is 0 Å². The number of rotatable bonds is 6. The van der Waals surface area contributed by atoms with Gasteiger partial charge in [0.1, 0.15) is 5.75 Å². The summed E-state index contributed by atoms with van der Waals surface area (Å²) in [5.41, 5.74) is 4.56. The number of benzene rings is 2. The van der Waals surface area contributed by atoms with Crippen LogP contribution < -0.4 is 4.74 Å². The second-order valence-corrected chi connectivity index (χ2v) is 7.83. The van der Waals surface area contributed by atoms with Gasteiger partial charge in [0.25, 0.3) is 5.69 Å². The van der Waals surface area contributed by atoms with E-state index in [-0.39, 0.29) is 24.3 Å². The molecule has 1 aliphatic heterocycles. The van der Waals surface area contributed by atoms with Crippen molar-refractivity contribution in [2.45, 2.75) is 32.7 Å². The Labute approximate surface area is 186 Å². The van der Waals surface area contributed by atoms with E-state index in [4.69, 9.17) is 14.6 Å². The molecular weight excluding hydrogens is 410 g/mol. The lowest BCUT2D eigenvalue weighted by atomic mass is 9.77. The minimum absolute atomic E-state index is 0.0310. The van der Waals surface area contributed by atoms with Crippen LogP contribution in [0.3, 0.4) is 0 Å². The van der Waals surface area contributed by atoms with Gasteiger partial charge < -0.3 is 9.47 Å². The lowest BCUT2D eigenvalue weighted by Crippen LogP contribution is -2.28. The lowest BCUT2D eigenvalue weighted by Gasteiger charge is -2.31. The van der Waals surface area contributed by atoms with Crippen molar-refractivity contribution in [3.8, 4) is 5.75 Å². The smallest absolute Gasteiger partial charge is 0.332 e. The summed E-state index contributed by atoms with van der Waals surface area (Å²) in [4.78, 5) is 23.1. The van der Waals surface area contributed by atoms with E-state index < -0.39 is 10.9 Å². The first-order valence-electron chi connectivity index (χ1n) is 10.6. The fourth-order valence-corrected chi connectivity index (χ4v) is 4.50. The zero-order valence-corrected chi connectivity index (χ0v) is 18.3. The summed E-state index contributed by atoms with van der Waals surface area (Å²) < 4.78 is 10.4. The zero-order valence-electron chi connectivity index (χ0n) is 18.3.